The molecule has 0 saturated carbocycles. The number of likely N-dealkylation sites (N-methyl/N-ethyl adjacent to an activating group) is 2. The molecule has 1 amide bonds. The van der Waals surface area contributed by atoms with Crippen LogP contribution in [0.25, 0.3) is 0 Å². The van der Waals surface area contributed by atoms with Crippen LogP contribution in [-0.2, 0) is 11.2 Å². The summed E-state index contributed by atoms with van der Waals surface area (Å²) in [6.07, 6.45) is 3.95. The van der Waals surface area contributed by atoms with E-state index in [-0.39, 0.29) is 11.4 Å². The second-order valence-electron chi connectivity index (χ2n) is 7.87. The highest BCUT2D eigenvalue weighted by Gasteiger charge is 2.40. The maximum atomic E-state index is 13.3. The summed E-state index contributed by atoms with van der Waals surface area (Å²) in [6.45, 7) is 4.83. The summed E-state index contributed by atoms with van der Waals surface area (Å²) in [7, 11) is 4.39. The lowest BCUT2D eigenvalue weighted by Crippen LogP contribution is -2.58. The minimum Gasteiger partial charge on any atom is -0.343 e. The van der Waals surface area contributed by atoms with E-state index >= 15 is 0 Å². The van der Waals surface area contributed by atoms with Gasteiger partial charge in [-0.1, -0.05) is 6.07 Å². The summed E-state index contributed by atoms with van der Waals surface area (Å²) in [4.78, 5) is 19.4. The van der Waals surface area contributed by atoms with Crippen LogP contribution < -0.4 is 0 Å². The number of benzene rings is 1. The highest BCUT2D eigenvalue weighted by molar-refractivity contribution is 5.76. The van der Waals surface area contributed by atoms with Crippen LogP contribution in [0, 0.1) is 11.6 Å². The average Bonchev–Trinajstić information content (AvgIpc) is 2.75. The minimum absolute atomic E-state index is 0.106. The number of piperidine rings is 1. The van der Waals surface area contributed by atoms with Crippen LogP contribution in [0.2, 0.25) is 0 Å². The van der Waals surface area contributed by atoms with Crippen molar-refractivity contribution in [2.75, 3.05) is 46.8 Å². The van der Waals surface area contributed by atoms with E-state index in [0.717, 1.165) is 51.6 Å². The first-order valence-corrected chi connectivity index (χ1v) is 9.51. The van der Waals surface area contributed by atoms with Gasteiger partial charge in [-0.25, -0.2) is 8.78 Å². The van der Waals surface area contributed by atoms with Crippen molar-refractivity contribution >= 4 is 5.91 Å². The number of amides is 1. The van der Waals surface area contributed by atoms with E-state index in [1.54, 1.807) is 6.07 Å². The lowest BCUT2D eigenvalue weighted by molar-refractivity contribution is -0.134. The number of aryl methyl sites for hydroxylation is 1. The van der Waals surface area contributed by atoms with Crippen LogP contribution in [0.5, 0.6) is 0 Å². The van der Waals surface area contributed by atoms with Crippen molar-refractivity contribution in [3.05, 3.63) is 35.4 Å². The van der Waals surface area contributed by atoms with Crippen molar-refractivity contribution in [1.82, 2.24) is 14.7 Å². The zero-order valence-corrected chi connectivity index (χ0v) is 15.8. The predicted octanol–water partition coefficient (Wildman–Crippen LogP) is 2.53. The van der Waals surface area contributed by atoms with Crippen molar-refractivity contribution in [2.45, 2.75) is 37.6 Å². The molecule has 2 saturated heterocycles. The Morgan fingerprint density at radius 2 is 1.81 bits per heavy atom. The van der Waals surface area contributed by atoms with Crippen LogP contribution >= 0.6 is 0 Å². The number of hydrogen-bond acceptors (Lipinski definition) is 3. The molecular formula is C20H29F2N3O. The number of hydrogen-bond donors (Lipinski definition) is 0. The number of carbonyl (C=O) groups is 1. The molecule has 2 heterocycles. The van der Waals surface area contributed by atoms with Crippen LogP contribution in [-0.4, -0.2) is 73.0 Å². The Bertz CT molecular complexity index is 644. The molecule has 6 heteroatoms. The standard InChI is InChI=1S/C20H29F2N3O/c1-23-10-3-11-24(2)20(15-23)8-12-25(13-9-20)19(26)7-5-16-4-6-17(21)18(22)14-16/h4,6,14H,3,5,7-13,15H2,1-2H3. The molecule has 0 aliphatic carbocycles. The molecule has 2 fully saturated rings. The van der Waals surface area contributed by atoms with Crippen LogP contribution in [0.15, 0.2) is 18.2 Å². The number of likely N-dealkylation sites (tertiary alicyclic amines) is 1. The Hall–Kier alpha value is -1.53. The Morgan fingerprint density at radius 1 is 1.08 bits per heavy atom. The van der Waals surface area contributed by atoms with E-state index in [1.807, 2.05) is 4.90 Å². The minimum atomic E-state index is -0.851. The molecule has 4 nitrogen and oxygen atoms in total. The second kappa shape index (κ2) is 8.01. The number of halogens is 2. The monoisotopic (exact) mass is 365 g/mol. The first-order valence-electron chi connectivity index (χ1n) is 9.51. The maximum Gasteiger partial charge on any atom is 0.222 e. The Balaban J connectivity index is 1.53. The fourth-order valence-electron chi connectivity index (χ4n) is 4.33. The SMILES string of the molecule is CN1CCCN(C)C2(CCN(C(=O)CCc3ccc(F)c(F)c3)CC2)C1. The van der Waals surface area contributed by atoms with Crippen LogP contribution in [0.1, 0.15) is 31.2 Å². The topological polar surface area (TPSA) is 26.8 Å². The third kappa shape index (κ3) is 4.23. The molecule has 26 heavy (non-hydrogen) atoms. The van der Waals surface area contributed by atoms with Crippen LogP contribution in [0.4, 0.5) is 8.78 Å². The van der Waals surface area contributed by atoms with Gasteiger partial charge in [0.05, 0.1) is 0 Å². The van der Waals surface area contributed by atoms with Crippen LogP contribution in [0.3, 0.4) is 0 Å². The van der Waals surface area contributed by atoms with Gasteiger partial charge in [-0.05, 0) is 70.6 Å². The first-order chi connectivity index (χ1) is 12.4. The molecule has 0 unspecified atom stereocenters. The lowest BCUT2D eigenvalue weighted by atomic mass is 9.85. The van der Waals surface area contributed by atoms with Crippen molar-refractivity contribution in [3.8, 4) is 0 Å². The van der Waals surface area contributed by atoms with Crippen molar-refractivity contribution < 1.29 is 13.6 Å². The molecule has 2 aliphatic heterocycles. The van der Waals surface area contributed by atoms with Gasteiger partial charge in [0, 0.05) is 31.6 Å². The predicted molar refractivity (Wildman–Crippen MR) is 98.0 cm³/mol. The Morgan fingerprint density at radius 3 is 2.50 bits per heavy atom. The van der Waals surface area contributed by atoms with Gasteiger partial charge in [-0.2, -0.15) is 0 Å². The van der Waals surface area contributed by atoms with Gasteiger partial charge >= 0.3 is 0 Å². The Kier molecular flexibility index (Phi) is 5.92. The molecule has 144 valence electrons. The fraction of sp³-hybridized carbons (Fsp3) is 0.650. The van der Waals surface area contributed by atoms with Gasteiger partial charge in [0.2, 0.25) is 5.91 Å². The highest BCUT2D eigenvalue weighted by atomic mass is 19.2. The zero-order chi connectivity index (χ0) is 18.7. The molecule has 1 spiro atoms. The van der Waals surface area contributed by atoms with Crippen molar-refractivity contribution in [2.24, 2.45) is 0 Å². The molecule has 0 radical (unpaired) electrons. The first kappa shape index (κ1) is 19.2. The van der Waals surface area contributed by atoms with E-state index < -0.39 is 11.6 Å². The van der Waals surface area contributed by atoms with Gasteiger partial charge in [0.15, 0.2) is 11.6 Å². The average molecular weight is 365 g/mol. The second-order valence-corrected chi connectivity index (χ2v) is 7.87. The van der Waals surface area contributed by atoms with E-state index in [2.05, 4.69) is 23.9 Å². The van der Waals surface area contributed by atoms with E-state index in [0.29, 0.717) is 18.4 Å². The fourth-order valence-corrected chi connectivity index (χ4v) is 4.33. The normalized spacial score (nSPS) is 21.8. The van der Waals surface area contributed by atoms with Gasteiger partial charge in [0.25, 0.3) is 0 Å². The van der Waals surface area contributed by atoms with Crippen molar-refractivity contribution in [3.63, 3.8) is 0 Å². The summed E-state index contributed by atoms with van der Waals surface area (Å²) in [6, 6.07) is 3.86. The summed E-state index contributed by atoms with van der Waals surface area (Å²) in [5.74, 6) is -1.59. The molecule has 1 aromatic carbocycles. The molecule has 0 atom stereocenters. The Labute approximate surface area is 154 Å². The van der Waals surface area contributed by atoms with E-state index in [4.69, 9.17) is 0 Å². The van der Waals surface area contributed by atoms with Crippen molar-refractivity contribution in [1.29, 1.82) is 0 Å². The highest BCUT2D eigenvalue weighted by Crippen LogP contribution is 2.31. The van der Waals surface area contributed by atoms with E-state index in [9.17, 15) is 13.6 Å². The quantitative estimate of drug-likeness (QED) is 0.824. The molecule has 3 rings (SSSR count). The molecule has 2 aliphatic rings. The van der Waals surface area contributed by atoms with Gasteiger partial charge in [0.1, 0.15) is 0 Å². The summed E-state index contributed by atoms with van der Waals surface area (Å²) in [5, 5.41) is 0. The summed E-state index contributed by atoms with van der Waals surface area (Å²) >= 11 is 0. The zero-order valence-electron chi connectivity index (χ0n) is 15.8. The smallest absolute Gasteiger partial charge is 0.222 e. The molecule has 0 aromatic heterocycles. The molecular weight excluding hydrogens is 336 g/mol. The number of rotatable bonds is 3. The van der Waals surface area contributed by atoms with E-state index in [1.165, 1.54) is 12.5 Å². The third-order valence-corrected chi connectivity index (χ3v) is 6.07. The largest absolute Gasteiger partial charge is 0.343 e. The number of nitrogens with zero attached hydrogens (tertiary/aromatic N) is 3. The molecule has 1 aromatic rings. The maximum absolute atomic E-state index is 13.3. The lowest BCUT2D eigenvalue weighted by Gasteiger charge is -2.47. The number of carbonyl (C=O) groups excluding carboxylic acids is 1. The third-order valence-electron chi connectivity index (χ3n) is 6.07. The summed E-state index contributed by atoms with van der Waals surface area (Å²) in [5.41, 5.74) is 0.832. The molecule has 0 bridgehead atoms. The van der Waals surface area contributed by atoms with Gasteiger partial charge in [-0.3, -0.25) is 9.69 Å². The van der Waals surface area contributed by atoms with Gasteiger partial charge < -0.3 is 9.80 Å². The molecule has 0 N–H and O–H groups in total. The van der Waals surface area contributed by atoms with Gasteiger partial charge in [-0.15, -0.1) is 0 Å². The summed E-state index contributed by atoms with van der Waals surface area (Å²) < 4.78 is 26.3.